The third-order valence-electron chi connectivity index (χ3n) is 3.99. The molecule has 2 aromatic rings. The molecule has 1 aliphatic heterocycles. The SMILES string of the molecule is CC(C)N1C(=O)[C@H](NC(=O)C(=O)NCc2ccco2)c2ccccc21. The molecular formula is C18H19N3O4. The summed E-state index contributed by atoms with van der Waals surface area (Å²) in [5.41, 5.74) is 1.44. The third-order valence-corrected chi connectivity index (χ3v) is 3.99. The molecule has 1 aromatic carbocycles. The Morgan fingerprint density at radius 2 is 1.92 bits per heavy atom. The molecule has 0 unspecified atom stereocenters. The van der Waals surface area contributed by atoms with Gasteiger partial charge in [-0.2, -0.15) is 0 Å². The van der Waals surface area contributed by atoms with Crippen LogP contribution in [0.3, 0.4) is 0 Å². The number of nitrogens with one attached hydrogen (secondary N) is 2. The molecule has 2 heterocycles. The van der Waals surface area contributed by atoms with Crippen molar-refractivity contribution in [1.29, 1.82) is 0 Å². The standard InChI is InChI=1S/C18H19N3O4/c1-11(2)21-14-8-4-3-7-13(14)15(18(21)24)20-17(23)16(22)19-10-12-6-5-9-25-12/h3-9,11,15H,10H2,1-2H3,(H,19,22)(H,20,23)/t15-/m1/s1. The van der Waals surface area contributed by atoms with Crippen molar-refractivity contribution in [3.63, 3.8) is 0 Å². The summed E-state index contributed by atoms with van der Waals surface area (Å²) in [5.74, 6) is -1.38. The van der Waals surface area contributed by atoms with Gasteiger partial charge in [0.05, 0.1) is 12.8 Å². The van der Waals surface area contributed by atoms with Gasteiger partial charge in [0.2, 0.25) is 0 Å². The first kappa shape index (κ1) is 16.8. The molecule has 0 spiro atoms. The molecule has 0 radical (unpaired) electrons. The molecule has 7 nitrogen and oxygen atoms in total. The fraction of sp³-hybridized carbons (Fsp3) is 0.278. The van der Waals surface area contributed by atoms with Crippen molar-refractivity contribution in [2.45, 2.75) is 32.5 Å². The minimum absolute atomic E-state index is 0.0525. The number of nitrogens with zero attached hydrogens (tertiary/aromatic N) is 1. The number of para-hydroxylation sites is 1. The van der Waals surface area contributed by atoms with Crippen LogP contribution in [0.25, 0.3) is 0 Å². The zero-order valence-corrected chi connectivity index (χ0v) is 14.0. The summed E-state index contributed by atoms with van der Waals surface area (Å²) in [6.45, 7) is 3.90. The summed E-state index contributed by atoms with van der Waals surface area (Å²) in [6, 6.07) is 9.71. The fourth-order valence-corrected chi connectivity index (χ4v) is 2.87. The molecule has 0 bridgehead atoms. The molecule has 1 aromatic heterocycles. The van der Waals surface area contributed by atoms with Crippen LogP contribution in [0.5, 0.6) is 0 Å². The summed E-state index contributed by atoms with van der Waals surface area (Å²) < 4.78 is 5.09. The van der Waals surface area contributed by atoms with E-state index in [4.69, 9.17) is 4.42 Å². The summed E-state index contributed by atoms with van der Waals surface area (Å²) >= 11 is 0. The van der Waals surface area contributed by atoms with E-state index in [1.54, 1.807) is 29.2 Å². The Balaban J connectivity index is 1.70. The first-order valence-corrected chi connectivity index (χ1v) is 8.02. The normalized spacial score (nSPS) is 16.0. The van der Waals surface area contributed by atoms with Crippen LogP contribution >= 0.6 is 0 Å². The molecule has 25 heavy (non-hydrogen) atoms. The van der Waals surface area contributed by atoms with Crippen LogP contribution in [0.1, 0.15) is 31.2 Å². The zero-order valence-electron chi connectivity index (χ0n) is 14.0. The molecule has 130 valence electrons. The Kier molecular flexibility index (Phi) is 4.56. The number of rotatable bonds is 4. The van der Waals surface area contributed by atoms with Crippen LogP contribution < -0.4 is 15.5 Å². The van der Waals surface area contributed by atoms with Crippen LogP contribution in [0.15, 0.2) is 47.1 Å². The van der Waals surface area contributed by atoms with Crippen LogP contribution in [0.2, 0.25) is 0 Å². The second-order valence-corrected chi connectivity index (χ2v) is 6.03. The number of hydrogen-bond acceptors (Lipinski definition) is 4. The number of anilines is 1. The zero-order chi connectivity index (χ0) is 18.0. The van der Waals surface area contributed by atoms with E-state index in [1.807, 2.05) is 26.0 Å². The van der Waals surface area contributed by atoms with E-state index in [2.05, 4.69) is 10.6 Å². The van der Waals surface area contributed by atoms with E-state index in [-0.39, 0.29) is 18.5 Å². The minimum Gasteiger partial charge on any atom is -0.467 e. The molecular weight excluding hydrogens is 322 g/mol. The van der Waals surface area contributed by atoms with Gasteiger partial charge in [0, 0.05) is 17.3 Å². The quantitative estimate of drug-likeness (QED) is 0.825. The molecule has 0 aliphatic carbocycles. The molecule has 0 saturated carbocycles. The number of hydrogen-bond donors (Lipinski definition) is 2. The van der Waals surface area contributed by atoms with Gasteiger partial charge in [-0.05, 0) is 32.0 Å². The Labute approximate surface area is 145 Å². The Hall–Kier alpha value is -3.09. The Morgan fingerprint density at radius 3 is 2.60 bits per heavy atom. The molecule has 1 aliphatic rings. The highest BCUT2D eigenvalue weighted by atomic mass is 16.3. The van der Waals surface area contributed by atoms with Gasteiger partial charge in [-0.1, -0.05) is 18.2 Å². The summed E-state index contributed by atoms with van der Waals surface area (Å²) in [4.78, 5) is 38.4. The van der Waals surface area contributed by atoms with Gasteiger partial charge in [-0.25, -0.2) is 0 Å². The van der Waals surface area contributed by atoms with Crippen LogP contribution in [-0.2, 0) is 20.9 Å². The number of fused-ring (bicyclic) bond motifs is 1. The second-order valence-electron chi connectivity index (χ2n) is 6.03. The van der Waals surface area contributed by atoms with Crippen molar-refractivity contribution in [3.8, 4) is 0 Å². The van der Waals surface area contributed by atoms with Gasteiger partial charge < -0.3 is 20.0 Å². The van der Waals surface area contributed by atoms with Crippen molar-refractivity contribution in [3.05, 3.63) is 54.0 Å². The van der Waals surface area contributed by atoms with E-state index in [1.165, 1.54) is 6.26 Å². The van der Waals surface area contributed by atoms with E-state index in [0.29, 0.717) is 11.3 Å². The third kappa shape index (κ3) is 3.26. The van der Waals surface area contributed by atoms with Crippen LogP contribution in [0, 0.1) is 0 Å². The highest BCUT2D eigenvalue weighted by molar-refractivity contribution is 6.35. The molecule has 0 saturated heterocycles. The maximum absolute atomic E-state index is 12.7. The highest BCUT2D eigenvalue weighted by Gasteiger charge is 2.39. The smallest absolute Gasteiger partial charge is 0.310 e. The highest BCUT2D eigenvalue weighted by Crippen LogP contribution is 2.36. The van der Waals surface area contributed by atoms with Gasteiger partial charge in [-0.3, -0.25) is 14.4 Å². The average Bonchev–Trinajstić information content (AvgIpc) is 3.19. The molecule has 3 rings (SSSR count). The van der Waals surface area contributed by atoms with Crippen molar-refractivity contribution < 1.29 is 18.8 Å². The van der Waals surface area contributed by atoms with Gasteiger partial charge in [0.25, 0.3) is 5.91 Å². The maximum Gasteiger partial charge on any atom is 0.310 e. The Morgan fingerprint density at radius 1 is 1.16 bits per heavy atom. The molecule has 7 heteroatoms. The van der Waals surface area contributed by atoms with E-state index < -0.39 is 17.9 Å². The van der Waals surface area contributed by atoms with Gasteiger partial charge in [0.1, 0.15) is 11.8 Å². The topological polar surface area (TPSA) is 91.7 Å². The van der Waals surface area contributed by atoms with E-state index >= 15 is 0 Å². The minimum atomic E-state index is -0.861. The predicted octanol–water partition coefficient (Wildman–Crippen LogP) is 1.51. The van der Waals surface area contributed by atoms with Crippen molar-refractivity contribution in [1.82, 2.24) is 10.6 Å². The number of benzene rings is 1. The predicted molar refractivity (Wildman–Crippen MR) is 90.5 cm³/mol. The van der Waals surface area contributed by atoms with Gasteiger partial charge in [0.15, 0.2) is 0 Å². The lowest BCUT2D eigenvalue weighted by atomic mass is 10.1. The largest absolute Gasteiger partial charge is 0.467 e. The van der Waals surface area contributed by atoms with E-state index in [0.717, 1.165) is 5.69 Å². The number of carbonyl (C=O) groups is 3. The van der Waals surface area contributed by atoms with Crippen molar-refractivity contribution in [2.75, 3.05) is 4.90 Å². The lowest BCUT2D eigenvalue weighted by Gasteiger charge is -2.22. The number of carbonyl (C=O) groups excluding carboxylic acids is 3. The fourth-order valence-electron chi connectivity index (χ4n) is 2.87. The summed E-state index contributed by atoms with van der Waals surface area (Å²) in [7, 11) is 0. The molecule has 0 fully saturated rings. The molecule has 2 N–H and O–H groups in total. The monoisotopic (exact) mass is 341 g/mol. The van der Waals surface area contributed by atoms with Crippen molar-refractivity contribution >= 4 is 23.4 Å². The molecule has 3 amide bonds. The lowest BCUT2D eigenvalue weighted by Crippen LogP contribution is -2.45. The first-order chi connectivity index (χ1) is 12.0. The molecule has 1 atom stereocenters. The summed E-state index contributed by atoms with van der Waals surface area (Å²) in [5, 5.41) is 4.99. The number of amides is 3. The first-order valence-electron chi connectivity index (χ1n) is 8.02. The van der Waals surface area contributed by atoms with Gasteiger partial charge in [-0.15, -0.1) is 0 Å². The lowest BCUT2D eigenvalue weighted by molar-refractivity contribution is -0.140. The summed E-state index contributed by atoms with van der Waals surface area (Å²) in [6.07, 6.45) is 1.48. The second kappa shape index (κ2) is 6.80. The average molecular weight is 341 g/mol. The maximum atomic E-state index is 12.7. The number of furan rings is 1. The van der Waals surface area contributed by atoms with E-state index in [9.17, 15) is 14.4 Å². The van der Waals surface area contributed by atoms with Crippen LogP contribution in [-0.4, -0.2) is 23.8 Å². The van der Waals surface area contributed by atoms with Crippen molar-refractivity contribution in [2.24, 2.45) is 0 Å². The van der Waals surface area contributed by atoms with Gasteiger partial charge >= 0.3 is 11.8 Å². The van der Waals surface area contributed by atoms with Crippen LogP contribution in [0.4, 0.5) is 5.69 Å². The Bertz CT molecular complexity index is 798.